The van der Waals surface area contributed by atoms with E-state index in [1.807, 2.05) is 6.92 Å². The average molecular weight is 435 g/mol. The number of amides is 1. The van der Waals surface area contributed by atoms with Gasteiger partial charge >= 0.3 is 12.6 Å². The maximum Gasteiger partial charge on any atom is 0.387 e. The van der Waals surface area contributed by atoms with Crippen molar-refractivity contribution in [3.8, 4) is 17.0 Å². The molecular formula is C20H19F2N3O4S. The first-order valence-corrected chi connectivity index (χ1v) is 9.81. The fourth-order valence-electron chi connectivity index (χ4n) is 2.73. The third-order valence-corrected chi connectivity index (χ3v) is 5.41. The van der Waals surface area contributed by atoms with Crippen LogP contribution in [0, 0.1) is 13.8 Å². The summed E-state index contributed by atoms with van der Waals surface area (Å²) in [6.07, 6.45) is 0. The van der Waals surface area contributed by atoms with Crippen LogP contribution in [-0.4, -0.2) is 35.3 Å². The normalized spacial score (nSPS) is 10.9. The quantitative estimate of drug-likeness (QED) is 0.521. The van der Waals surface area contributed by atoms with Crippen molar-refractivity contribution in [2.75, 3.05) is 11.9 Å². The van der Waals surface area contributed by atoms with Gasteiger partial charge in [-0.05, 0) is 56.7 Å². The Balaban J connectivity index is 1.78. The molecule has 0 spiro atoms. The summed E-state index contributed by atoms with van der Waals surface area (Å²) < 4.78 is 33.9. The minimum atomic E-state index is -2.90. The number of aromatic nitrogens is 2. The summed E-state index contributed by atoms with van der Waals surface area (Å²) >= 11 is 1.29. The predicted octanol–water partition coefficient (Wildman–Crippen LogP) is 4.79. The van der Waals surface area contributed by atoms with E-state index in [0.717, 1.165) is 10.4 Å². The van der Waals surface area contributed by atoms with Crippen molar-refractivity contribution < 1.29 is 27.8 Å². The van der Waals surface area contributed by atoms with Crippen molar-refractivity contribution in [1.29, 1.82) is 0 Å². The van der Waals surface area contributed by atoms with Gasteiger partial charge in [0.25, 0.3) is 5.91 Å². The molecule has 0 aliphatic heterocycles. The molecule has 0 saturated carbocycles. The fraction of sp³-hybridized carbons (Fsp3) is 0.250. The van der Waals surface area contributed by atoms with Gasteiger partial charge in [0.05, 0.1) is 17.9 Å². The van der Waals surface area contributed by atoms with E-state index in [-0.39, 0.29) is 18.1 Å². The molecule has 2 heterocycles. The highest BCUT2D eigenvalue weighted by atomic mass is 32.1. The molecule has 1 aromatic carbocycles. The van der Waals surface area contributed by atoms with E-state index in [1.165, 1.54) is 29.5 Å². The van der Waals surface area contributed by atoms with Gasteiger partial charge in [-0.2, -0.15) is 13.9 Å². The smallest absolute Gasteiger partial charge is 0.387 e. The number of carbonyl (C=O) groups is 2. The first-order chi connectivity index (χ1) is 14.3. The van der Waals surface area contributed by atoms with Gasteiger partial charge in [0, 0.05) is 10.4 Å². The van der Waals surface area contributed by atoms with Crippen LogP contribution < -0.4 is 10.1 Å². The molecule has 0 unspecified atom stereocenters. The van der Waals surface area contributed by atoms with Gasteiger partial charge < -0.3 is 14.8 Å². The number of aromatic amines is 1. The van der Waals surface area contributed by atoms with Gasteiger partial charge in [0.2, 0.25) is 0 Å². The summed E-state index contributed by atoms with van der Waals surface area (Å²) in [5.74, 6) is -0.943. The minimum Gasteiger partial charge on any atom is -0.462 e. The first-order valence-electron chi connectivity index (χ1n) is 8.99. The number of nitrogens with zero attached hydrogens (tertiary/aromatic N) is 1. The Morgan fingerprint density at radius 1 is 1.23 bits per heavy atom. The van der Waals surface area contributed by atoms with Crippen LogP contribution in [0.25, 0.3) is 11.3 Å². The zero-order chi connectivity index (χ0) is 21.8. The molecule has 0 bridgehead atoms. The van der Waals surface area contributed by atoms with Gasteiger partial charge in [0.1, 0.15) is 16.4 Å². The van der Waals surface area contributed by atoms with Gasteiger partial charge in [-0.25, -0.2) is 4.79 Å². The molecular weight excluding hydrogens is 416 g/mol. The number of nitrogens with one attached hydrogen (secondary N) is 2. The molecule has 30 heavy (non-hydrogen) atoms. The van der Waals surface area contributed by atoms with E-state index >= 15 is 0 Å². The Bertz CT molecular complexity index is 1060. The fourth-order valence-corrected chi connectivity index (χ4v) is 3.77. The van der Waals surface area contributed by atoms with E-state index < -0.39 is 18.5 Å². The highest BCUT2D eigenvalue weighted by Gasteiger charge is 2.23. The van der Waals surface area contributed by atoms with Crippen LogP contribution in [0.5, 0.6) is 5.75 Å². The second-order valence-corrected chi connectivity index (χ2v) is 7.46. The van der Waals surface area contributed by atoms with Crippen molar-refractivity contribution in [1.82, 2.24) is 10.2 Å². The number of aryl methyl sites for hydroxylation is 1. The monoisotopic (exact) mass is 435 g/mol. The van der Waals surface area contributed by atoms with Gasteiger partial charge in [0.15, 0.2) is 0 Å². The van der Waals surface area contributed by atoms with Crippen LogP contribution >= 0.6 is 11.3 Å². The van der Waals surface area contributed by atoms with Crippen LogP contribution in [-0.2, 0) is 4.74 Å². The second kappa shape index (κ2) is 9.04. The second-order valence-electron chi connectivity index (χ2n) is 6.23. The summed E-state index contributed by atoms with van der Waals surface area (Å²) in [6, 6.07) is 7.41. The SMILES string of the molecule is CCOC(=O)c1c(NC(=O)c2cc(-c3ccc(OC(F)F)cc3)n[nH]2)sc(C)c1C. The molecule has 0 atom stereocenters. The predicted molar refractivity (Wildman–Crippen MR) is 108 cm³/mol. The molecule has 3 aromatic rings. The molecule has 3 rings (SSSR count). The summed E-state index contributed by atoms with van der Waals surface area (Å²) in [4.78, 5) is 25.8. The standard InChI is InChI=1S/C20H19F2N3O4S/c1-4-28-19(27)16-10(2)11(3)30-18(16)23-17(26)15-9-14(24-25-15)12-5-7-13(8-6-12)29-20(21)22/h5-9,20H,4H2,1-3H3,(H,23,26)(H,24,25). The molecule has 7 nitrogen and oxygen atoms in total. The molecule has 0 saturated heterocycles. The van der Waals surface area contributed by atoms with Crippen LogP contribution in [0.4, 0.5) is 13.8 Å². The number of hydrogen-bond acceptors (Lipinski definition) is 6. The number of halogens is 2. The van der Waals surface area contributed by atoms with Gasteiger partial charge in [-0.1, -0.05) is 0 Å². The number of H-pyrrole nitrogens is 1. The molecule has 0 aliphatic carbocycles. The number of rotatable bonds is 7. The van der Waals surface area contributed by atoms with E-state index in [0.29, 0.717) is 21.8 Å². The lowest BCUT2D eigenvalue weighted by Gasteiger charge is -2.06. The number of benzene rings is 1. The van der Waals surface area contributed by atoms with Crippen LogP contribution in [0.2, 0.25) is 0 Å². The molecule has 158 valence electrons. The number of carbonyl (C=O) groups excluding carboxylic acids is 2. The average Bonchev–Trinajstić information content (AvgIpc) is 3.28. The molecule has 2 N–H and O–H groups in total. The Hall–Kier alpha value is -3.27. The Morgan fingerprint density at radius 2 is 1.93 bits per heavy atom. The first kappa shape index (κ1) is 21.4. The number of alkyl halides is 2. The van der Waals surface area contributed by atoms with Gasteiger partial charge in [-0.3, -0.25) is 9.89 Å². The number of ether oxygens (including phenoxy) is 2. The molecule has 0 radical (unpaired) electrons. The van der Waals surface area contributed by atoms with Crippen LogP contribution in [0.1, 0.15) is 38.2 Å². The lowest BCUT2D eigenvalue weighted by molar-refractivity contribution is -0.0498. The van der Waals surface area contributed by atoms with Crippen molar-refractivity contribution in [3.05, 3.63) is 52.0 Å². The Kier molecular flexibility index (Phi) is 6.46. The zero-order valence-electron chi connectivity index (χ0n) is 16.4. The largest absolute Gasteiger partial charge is 0.462 e. The summed E-state index contributed by atoms with van der Waals surface area (Å²) in [5, 5.41) is 9.86. The van der Waals surface area contributed by atoms with E-state index in [9.17, 15) is 18.4 Å². The number of hydrogen-bond donors (Lipinski definition) is 2. The molecule has 2 aromatic heterocycles. The maximum atomic E-state index is 12.7. The summed E-state index contributed by atoms with van der Waals surface area (Å²) in [6.45, 7) is 2.69. The Morgan fingerprint density at radius 3 is 2.57 bits per heavy atom. The van der Waals surface area contributed by atoms with Crippen molar-refractivity contribution >= 4 is 28.2 Å². The van der Waals surface area contributed by atoms with E-state index in [1.54, 1.807) is 26.0 Å². The highest BCUT2D eigenvalue weighted by molar-refractivity contribution is 7.16. The lowest BCUT2D eigenvalue weighted by Crippen LogP contribution is -2.15. The molecule has 10 heteroatoms. The van der Waals surface area contributed by atoms with Crippen LogP contribution in [0.3, 0.4) is 0 Å². The topological polar surface area (TPSA) is 93.3 Å². The van der Waals surface area contributed by atoms with Crippen molar-refractivity contribution in [2.24, 2.45) is 0 Å². The Labute approximate surface area is 175 Å². The molecule has 1 amide bonds. The van der Waals surface area contributed by atoms with Crippen LogP contribution in [0.15, 0.2) is 30.3 Å². The maximum absolute atomic E-state index is 12.7. The molecule has 0 aliphatic rings. The van der Waals surface area contributed by atoms with Crippen molar-refractivity contribution in [2.45, 2.75) is 27.4 Å². The third-order valence-electron chi connectivity index (χ3n) is 4.29. The zero-order valence-corrected chi connectivity index (χ0v) is 17.2. The number of anilines is 1. The molecule has 0 fully saturated rings. The third kappa shape index (κ3) is 4.65. The highest BCUT2D eigenvalue weighted by Crippen LogP contribution is 2.33. The number of thiophene rings is 1. The van der Waals surface area contributed by atoms with Crippen molar-refractivity contribution in [3.63, 3.8) is 0 Å². The van der Waals surface area contributed by atoms with E-state index in [4.69, 9.17) is 4.74 Å². The summed E-state index contributed by atoms with van der Waals surface area (Å²) in [7, 11) is 0. The van der Waals surface area contributed by atoms with Gasteiger partial charge in [-0.15, -0.1) is 11.3 Å². The lowest BCUT2D eigenvalue weighted by atomic mass is 10.1. The summed E-state index contributed by atoms with van der Waals surface area (Å²) in [5.41, 5.74) is 2.33. The number of esters is 1. The van der Waals surface area contributed by atoms with E-state index in [2.05, 4.69) is 20.3 Å². The minimum absolute atomic E-state index is 0.0252.